The highest BCUT2D eigenvalue weighted by Gasteiger charge is 2.30. The topological polar surface area (TPSA) is 54.5 Å². The molecule has 0 fully saturated rings. The van der Waals surface area contributed by atoms with Crippen molar-refractivity contribution < 1.29 is 13.2 Å². The molecular formula is C55H35F3N4. The maximum Gasteiger partial charge on any atom is 0.416 e. The molecule has 0 aliphatic rings. The summed E-state index contributed by atoms with van der Waals surface area (Å²) in [5, 5.41) is 11.7. The Bertz CT molecular complexity index is 3270. The third kappa shape index (κ3) is 7.08. The second-order valence-corrected chi connectivity index (χ2v) is 15.3. The first-order valence-corrected chi connectivity index (χ1v) is 20.2. The van der Waals surface area contributed by atoms with Gasteiger partial charge in [-0.25, -0.2) is 9.97 Å². The monoisotopic (exact) mass is 808 g/mol. The quantitative estimate of drug-likeness (QED) is 0.161. The fourth-order valence-corrected chi connectivity index (χ4v) is 8.27. The van der Waals surface area contributed by atoms with E-state index in [1.54, 1.807) is 18.2 Å². The number of hydrogen-bond donors (Lipinski definition) is 0. The van der Waals surface area contributed by atoms with E-state index in [0.717, 1.165) is 90.0 Å². The van der Waals surface area contributed by atoms with Crippen LogP contribution >= 0.6 is 0 Å². The van der Waals surface area contributed by atoms with Crippen LogP contribution in [0, 0.1) is 18.3 Å². The van der Waals surface area contributed by atoms with Crippen LogP contribution in [0.3, 0.4) is 0 Å². The van der Waals surface area contributed by atoms with Crippen LogP contribution in [0.2, 0.25) is 0 Å². The Morgan fingerprint density at radius 1 is 0.468 bits per heavy atom. The van der Waals surface area contributed by atoms with Gasteiger partial charge < -0.3 is 4.57 Å². The molecule has 0 aliphatic carbocycles. The Kier molecular flexibility index (Phi) is 9.54. The molecule has 62 heavy (non-hydrogen) atoms. The normalized spacial score (nSPS) is 11.5. The molecule has 10 aromatic rings. The predicted molar refractivity (Wildman–Crippen MR) is 243 cm³/mol. The van der Waals surface area contributed by atoms with Gasteiger partial charge in [0.05, 0.1) is 45.3 Å². The molecule has 4 nitrogen and oxygen atoms in total. The van der Waals surface area contributed by atoms with E-state index >= 15 is 0 Å². The molecule has 296 valence electrons. The molecular weight excluding hydrogens is 774 g/mol. The van der Waals surface area contributed by atoms with Crippen LogP contribution in [-0.2, 0) is 6.18 Å². The first-order valence-electron chi connectivity index (χ1n) is 20.2. The lowest BCUT2D eigenvalue weighted by molar-refractivity contribution is -0.137. The fourth-order valence-electron chi connectivity index (χ4n) is 8.27. The van der Waals surface area contributed by atoms with E-state index in [1.807, 2.05) is 110 Å². The number of hydrogen-bond acceptors (Lipinski definition) is 3. The van der Waals surface area contributed by atoms with E-state index in [9.17, 15) is 18.4 Å². The van der Waals surface area contributed by atoms with Gasteiger partial charge in [0, 0.05) is 38.6 Å². The van der Waals surface area contributed by atoms with Crippen molar-refractivity contribution in [2.45, 2.75) is 13.1 Å². The number of para-hydroxylation sites is 1. The van der Waals surface area contributed by atoms with Crippen molar-refractivity contribution in [2.75, 3.05) is 0 Å². The van der Waals surface area contributed by atoms with Crippen LogP contribution in [0.15, 0.2) is 194 Å². The maximum absolute atomic E-state index is 14.1. The Morgan fingerprint density at radius 2 is 1.00 bits per heavy atom. The molecule has 0 saturated heterocycles. The van der Waals surface area contributed by atoms with E-state index in [2.05, 4.69) is 71.3 Å². The van der Waals surface area contributed by atoms with Crippen molar-refractivity contribution in [3.8, 4) is 79.0 Å². The molecule has 0 bridgehead atoms. The van der Waals surface area contributed by atoms with Crippen molar-refractivity contribution in [2.24, 2.45) is 0 Å². The lowest BCUT2D eigenvalue weighted by Gasteiger charge is -2.21. The highest BCUT2D eigenvalue weighted by molar-refractivity contribution is 6.12. The van der Waals surface area contributed by atoms with Gasteiger partial charge in [0.15, 0.2) is 5.82 Å². The molecule has 7 heteroatoms. The number of nitrogens with zero attached hydrogens (tertiary/aromatic N) is 4. The molecule has 0 spiro atoms. The van der Waals surface area contributed by atoms with Gasteiger partial charge in [-0.15, -0.1) is 0 Å². The Hall–Kier alpha value is -8.08. The van der Waals surface area contributed by atoms with Gasteiger partial charge in [-0.1, -0.05) is 139 Å². The largest absolute Gasteiger partial charge is 0.416 e. The summed E-state index contributed by atoms with van der Waals surface area (Å²) in [5.74, 6) is 0.477. The van der Waals surface area contributed by atoms with Crippen LogP contribution in [0.25, 0.3) is 94.8 Å². The van der Waals surface area contributed by atoms with Crippen molar-refractivity contribution in [1.29, 1.82) is 5.26 Å². The molecule has 0 N–H and O–H groups in total. The third-order valence-corrected chi connectivity index (χ3v) is 11.3. The number of fused-ring (bicyclic) bond motifs is 3. The lowest BCUT2D eigenvalue weighted by Crippen LogP contribution is -2.05. The van der Waals surface area contributed by atoms with Crippen LogP contribution in [0.5, 0.6) is 0 Å². The third-order valence-electron chi connectivity index (χ3n) is 11.3. The standard InChI is InChI=1S/C55H35F3N4/c1-35-19-21-37(22-20-35)46-31-43(54-60-49(39-12-4-2-5-13-39)33-50(61-54)40-14-6-3-7-15-40)32-47(38-23-26-44(27-24-38)55(56,57)58)53(46)62-51-18-9-8-17-45(51)48-30-42(25-28-52(48)62)41-16-10-11-36(29-41)34-59/h2-33H,1H3. The first kappa shape index (κ1) is 38.1. The van der Waals surface area contributed by atoms with Crippen LogP contribution < -0.4 is 0 Å². The molecule has 0 atom stereocenters. The molecule has 10 rings (SSSR count). The Balaban J connectivity index is 1.31. The lowest BCUT2D eigenvalue weighted by atomic mass is 9.91. The van der Waals surface area contributed by atoms with Gasteiger partial charge in [0.1, 0.15) is 0 Å². The second kappa shape index (κ2) is 15.5. The minimum Gasteiger partial charge on any atom is -0.308 e. The molecule has 0 radical (unpaired) electrons. The molecule has 2 heterocycles. The van der Waals surface area contributed by atoms with Crippen LogP contribution in [0.1, 0.15) is 16.7 Å². The maximum atomic E-state index is 14.1. The first-order chi connectivity index (χ1) is 30.2. The Morgan fingerprint density at radius 3 is 1.61 bits per heavy atom. The summed E-state index contributed by atoms with van der Waals surface area (Å²) in [6.07, 6.45) is -4.51. The molecule has 0 aliphatic heterocycles. The number of aryl methyl sites for hydroxylation is 1. The highest BCUT2D eigenvalue weighted by atomic mass is 19.4. The van der Waals surface area contributed by atoms with Crippen LogP contribution in [-0.4, -0.2) is 14.5 Å². The van der Waals surface area contributed by atoms with Crippen LogP contribution in [0.4, 0.5) is 13.2 Å². The van der Waals surface area contributed by atoms with Gasteiger partial charge in [-0.3, -0.25) is 0 Å². The zero-order valence-electron chi connectivity index (χ0n) is 33.4. The van der Waals surface area contributed by atoms with E-state index in [-0.39, 0.29) is 0 Å². The average Bonchev–Trinajstić information content (AvgIpc) is 3.65. The van der Waals surface area contributed by atoms with Gasteiger partial charge in [-0.05, 0) is 89.8 Å². The number of benzene rings is 8. The molecule has 0 unspecified atom stereocenters. The van der Waals surface area contributed by atoms with Crippen molar-refractivity contribution in [3.05, 3.63) is 211 Å². The highest BCUT2D eigenvalue weighted by Crippen LogP contribution is 2.45. The predicted octanol–water partition coefficient (Wildman–Crippen LogP) is 14.8. The summed E-state index contributed by atoms with van der Waals surface area (Å²) in [4.78, 5) is 10.4. The van der Waals surface area contributed by atoms with Gasteiger partial charge in [0.2, 0.25) is 0 Å². The average molecular weight is 809 g/mol. The van der Waals surface area contributed by atoms with E-state index in [4.69, 9.17) is 9.97 Å². The van der Waals surface area contributed by atoms with E-state index in [1.165, 1.54) is 0 Å². The number of alkyl halides is 3. The zero-order valence-corrected chi connectivity index (χ0v) is 33.4. The number of rotatable bonds is 7. The smallest absolute Gasteiger partial charge is 0.308 e. The molecule has 2 aromatic heterocycles. The number of nitriles is 1. The summed E-state index contributed by atoms with van der Waals surface area (Å²) >= 11 is 0. The summed E-state index contributed by atoms with van der Waals surface area (Å²) in [7, 11) is 0. The fraction of sp³-hybridized carbons (Fsp3) is 0.0364. The van der Waals surface area contributed by atoms with Gasteiger partial charge >= 0.3 is 6.18 Å². The van der Waals surface area contributed by atoms with Gasteiger partial charge in [-0.2, -0.15) is 18.4 Å². The van der Waals surface area contributed by atoms with Crippen molar-refractivity contribution in [1.82, 2.24) is 14.5 Å². The molecule has 0 saturated carbocycles. The summed E-state index contributed by atoms with van der Waals surface area (Å²) < 4.78 is 44.5. The molecule has 0 amide bonds. The van der Waals surface area contributed by atoms with E-state index < -0.39 is 11.7 Å². The number of aromatic nitrogens is 3. The molecule has 8 aromatic carbocycles. The summed E-state index contributed by atoms with van der Waals surface area (Å²) in [6, 6.07) is 64.0. The number of halogens is 3. The second-order valence-electron chi connectivity index (χ2n) is 15.3. The summed E-state index contributed by atoms with van der Waals surface area (Å²) in [5.41, 5.74) is 12.5. The van der Waals surface area contributed by atoms with Gasteiger partial charge in [0.25, 0.3) is 0 Å². The Labute approximate surface area is 356 Å². The minimum atomic E-state index is -4.51. The zero-order chi connectivity index (χ0) is 42.4. The summed E-state index contributed by atoms with van der Waals surface area (Å²) in [6.45, 7) is 2.04. The van der Waals surface area contributed by atoms with Crippen molar-refractivity contribution in [3.63, 3.8) is 0 Å². The minimum absolute atomic E-state index is 0.477. The SMILES string of the molecule is Cc1ccc(-c2cc(-c3nc(-c4ccccc4)cc(-c4ccccc4)n3)cc(-c3ccc(C(F)(F)F)cc3)c2-n2c3ccccc3c3cc(-c4cccc(C#N)c4)ccc32)cc1. The van der Waals surface area contributed by atoms with E-state index in [0.29, 0.717) is 28.1 Å². The van der Waals surface area contributed by atoms with Crippen molar-refractivity contribution >= 4 is 21.8 Å².